The summed E-state index contributed by atoms with van der Waals surface area (Å²) in [7, 11) is 0. The summed E-state index contributed by atoms with van der Waals surface area (Å²) in [4.78, 5) is 6.58. The van der Waals surface area contributed by atoms with E-state index in [0.29, 0.717) is 23.9 Å². The zero-order valence-corrected chi connectivity index (χ0v) is 13.0. The van der Waals surface area contributed by atoms with Crippen LogP contribution in [-0.2, 0) is 4.74 Å². The van der Waals surface area contributed by atoms with Crippen LogP contribution >= 0.6 is 11.6 Å². The van der Waals surface area contributed by atoms with Gasteiger partial charge >= 0.3 is 0 Å². The fourth-order valence-electron chi connectivity index (χ4n) is 2.59. The van der Waals surface area contributed by atoms with Gasteiger partial charge in [0.2, 0.25) is 0 Å². The number of hydrogen-bond acceptors (Lipinski definition) is 4. The maximum absolute atomic E-state index is 9.13. The second-order valence-electron chi connectivity index (χ2n) is 5.27. The molecular formula is C17H16ClN3O. The Balaban J connectivity index is 1.85. The molecular weight excluding hydrogens is 298 g/mol. The van der Waals surface area contributed by atoms with Crippen molar-refractivity contribution in [3.63, 3.8) is 0 Å². The highest BCUT2D eigenvalue weighted by Gasteiger charge is 2.24. The van der Waals surface area contributed by atoms with Crippen molar-refractivity contribution in [2.24, 2.45) is 0 Å². The van der Waals surface area contributed by atoms with E-state index in [2.05, 4.69) is 16.0 Å². The minimum absolute atomic E-state index is 0.0870. The Morgan fingerprint density at radius 3 is 2.91 bits per heavy atom. The molecule has 1 aliphatic rings. The number of nitrogens with zero attached hydrogens (tertiary/aromatic N) is 3. The molecule has 112 valence electrons. The molecule has 4 nitrogen and oxygen atoms in total. The van der Waals surface area contributed by atoms with Crippen LogP contribution in [0.5, 0.6) is 0 Å². The first-order valence-corrected chi connectivity index (χ1v) is 7.55. The van der Waals surface area contributed by atoms with Gasteiger partial charge in [0.05, 0.1) is 6.61 Å². The Bertz CT molecular complexity index is 726. The number of anilines is 1. The van der Waals surface area contributed by atoms with Gasteiger partial charge < -0.3 is 9.64 Å². The van der Waals surface area contributed by atoms with Gasteiger partial charge in [0.25, 0.3) is 0 Å². The van der Waals surface area contributed by atoms with Crippen LogP contribution in [0.25, 0.3) is 0 Å². The van der Waals surface area contributed by atoms with Gasteiger partial charge in [0.1, 0.15) is 23.7 Å². The van der Waals surface area contributed by atoms with E-state index in [0.717, 1.165) is 23.5 Å². The summed E-state index contributed by atoms with van der Waals surface area (Å²) in [6.45, 7) is 3.92. The van der Waals surface area contributed by atoms with Crippen LogP contribution < -0.4 is 4.90 Å². The Labute approximate surface area is 134 Å². The minimum Gasteiger partial charge on any atom is -0.370 e. The van der Waals surface area contributed by atoms with Crippen LogP contribution in [0.4, 0.5) is 5.82 Å². The topological polar surface area (TPSA) is 49.1 Å². The SMILES string of the molecule is Cc1ccc(N2CCOC(c3ccccc3Cl)C2)nc1C#N. The highest BCUT2D eigenvalue weighted by molar-refractivity contribution is 6.31. The zero-order chi connectivity index (χ0) is 15.5. The normalized spacial score (nSPS) is 18.0. The maximum atomic E-state index is 9.13. The monoisotopic (exact) mass is 313 g/mol. The third-order valence-corrected chi connectivity index (χ3v) is 4.17. The lowest BCUT2D eigenvalue weighted by molar-refractivity contribution is 0.0396. The number of hydrogen-bond donors (Lipinski definition) is 0. The van der Waals surface area contributed by atoms with Gasteiger partial charge in [-0.15, -0.1) is 0 Å². The summed E-state index contributed by atoms with van der Waals surface area (Å²) in [5.74, 6) is 0.808. The molecule has 2 aromatic rings. The summed E-state index contributed by atoms with van der Waals surface area (Å²) in [6.07, 6.45) is -0.0870. The van der Waals surface area contributed by atoms with Crippen molar-refractivity contribution in [3.05, 3.63) is 58.2 Å². The second-order valence-corrected chi connectivity index (χ2v) is 5.68. The van der Waals surface area contributed by atoms with Crippen LogP contribution in [0.15, 0.2) is 36.4 Å². The Hall–Kier alpha value is -2.09. The number of morpholine rings is 1. The van der Waals surface area contributed by atoms with E-state index in [1.54, 1.807) is 0 Å². The van der Waals surface area contributed by atoms with E-state index in [-0.39, 0.29) is 6.10 Å². The lowest BCUT2D eigenvalue weighted by atomic mass is 10.1. The molecule has 1 unspecified atom stereocenters. The van der Waals surface area contributed by atoms with Gasteiger partial charge in [-0.25, -0.2) is 4.98 Å². The van der Waals surface area contributed by atoms with Crippen molar-refractivity contribution < 1.29 is 4.74 Å². The van der Waals surface area contributed by atoms with E-state index in [9.17, 15) is 0 Å². The van der Waals surface area contributed by atoms with Gasteiger partial charge in [-0.3, -0.25) is 0 Å². The summed E-state index contributed by atoms with van der Waals surface area (Å²) >= 11 is 6.26. The lowest BCUT2D eigenvalue weighted by Gasteiger charge is -2.34. The van der Waals surface area contributed by atoms with E-state index < -0.39 is 0 Å². The molecule has 1 atom stereocenters. The molecule has 5 heteroatoms. The van der Waals surface area contributed by atoms with Crippen LogP contribution in [0.2, 0.25) is 5.02 Å². The molecule has 2 heterocycles. The molecule has 0 amide bonds. The lowest BCUT2D eigenvalue weighted by Crippen LogP contribution is -2.39. The summed E-state index contributed by atoms with van der Waals surface area (Å²) in [5.41, 5.74) is 2.35. The van der Waals surface area contributed by atoms with Gasteiger partial charge in [-0.05, 0) is 24.6 Å². The number of aryl methyl sites for hydroxylation is 1. The molecule has 22 heavy (non-hydrogen) atoms. The van der Waals surface area contributed by atoms with Crippen molar-refractivity contribution in [1.29, 1.82) is 5.26 Å². The van der Waals surface area contributed by atoms with Crippen molar-refractivity contribution in [2.45, 2.75) is 13.0 Å². The van der Waals surface area contributed by atoms with Crippen molar-refractivity contribution >= 4 is 17.4 Å². The summed E-state index contributed by atoms with van der Waals surface area (Å²) in [6, 6.07) is 13.7. The second kappa shape index (κ2) is 6.35. The smallest absolute Gasteiger partial charge is 0.145 e. The summed E-state index contributed by atoms with van der Waals surface area (Å²) in [5, 5.41) is 9.85. The first-order chi connectivity index (χ1) is 10.7. The number of pyridine rings is 1. The van der Waals surface area contributed by atoms with Crippen LogP contribution in [0.3, 0.4) is 0 Å². The Kier molecular flexibility index (Phi) is 4.28. The average molecular weight is 314 g/mol. The van der Waals surface area contributed by atoms with Gasteiger partial charge in [0.15, 0.2) is 0 Å². The molecule has 0 radical (unpaired) electrons. The largest absolute Gasteiger partial charge is 0.370 e. The zero-order valence-electron chi connectivity index (χ0n) is 12.3. The molecule has 1 saturated heterocycles. The predicted octanol–water partition coefficient (Wildman–Crippen LogP) is 3.49. The van der Waals surface area contributed by atoms with Crippen LogP contribution in [0, 0.1) is 18.3 Å². The molecule has 0 spiro atoms. The van der Waals surface area contributed by atoms with E-state index in [1.165, 1.54) is 0 Å². The first kappa shape index (κ1) is 14.8. The molecule has 0 saturated carbocycles. The van der Waals surface area contributed by atoms with E-state index >= 15 is 0 Å². The molecule has 1 aromatic heterocycles. The van der Waals surface area contributed by atoms with Gasteiger partial charge in [-0.2, -0.15) is 5.26 Å². The quantitative estimate of drug-likeness (QED) is 0.851. The Morgan fingerprint density at radius 1 is 1.32 bits per heavy atom. The molecule has 0 aliphatic carbocycles. The number of ether oxygens (including phenoxy) is 1. The molecule has 0 bridgehead atoms. The summed E-state index contributed by atoms with van der Waals surface area (Å²) < 4.78 is 5.86. The van der Waals surface area contributed by atoms with Gasteiger partial charge in [-0.1, -0.05) is 35.9 Å². The predicted molar refractivity (Wildman–Crippen MR) is 86.0 cm³/mol. The maximum Gasteiger partial charge on any atom is 0.145 e. The Morgan fingerprint density at radius 2 is 2.14 bits per heavy atom. The van der Waals surface area contributed by atoms with Crippen LogP contribution in [-0.4, -0.2) is 24.7 Å². The van der Waals surface area contributed by atoms with E-state index in [4.69, 9.17) is 21.6 Å². The highest BCUT2D eigenvalue weighted by Crippen LogP contribution is 2.30. The number of nitriles is 1. The van der Waals surface area contributed by atoms with Crippen LogP contribution in [0.1, 0.15) is 22.9 Å². The molecule has 3 rings (SSSR count). The number of aromatic nitrogens is 1. The van der Waals surface area contributed by atoms with Crippen molar-refractivity contribution in [1.82, 2.24) is 4.98 Å². The first-order valence-electron chi connectivity index (χ1n) is 7.18. The van der Waals surface area contributed by atoms with E-state index in [1.807, 2.05) is 43.3 Å². The standard InChI is InChI=1S/C17H16ClN3O/c1-12-6-7-17(20-15(12)10-19)21-8-9-22-16(11-21)13-4-2-3-5-14(13)18/h2-7,16H,8-9,11H2,1H3. The van der Waals surface area contributed by atoms with Gasteiger partial charge in [0, 0.05) is 23.7 Å². The number of halogens is 1. The van der Waals surface area contributed by atoms with Crippen molar-refractivity contribution in [3.8, 4) is 6.07 Å². The number of benzene rings is 1. The fourth-order valence-corrected chi connectivity index (χ4v) is 2.85. The molecule has 1 aliphatic heterocycles. The highest BCUT2D eigenvalue weighted by atomic mass is 35.5. The fraction of sp³-hybridized carbons (Fsp3) is 0.294. The molecule has 0 N–H and O–H groups in total. The third-order valence-electron chi connectivity index (χ3n) is 3.83. The molecule has 1 aromatic carbocycles. The third kappa shape index (κ3) is 2.92. The minimum atomic E-state index is -0.0870. The molecule has 1 fully saturated rings. The number of rotatable bonds is 2. The van der Waals surface area contributed by atoms with Crippen molar-refractivity contribution in [2.75, 3.05) is 24.6 Å². The average Bonchev–Trinajstić information content (AvgIpc) is 2.56.